The monoisotopic (exact) mass is 407 g/mol. The normalized spacial score (nSPS) is 16.9. The predicted octanol–water partition coefficient (Wildman–Crippen LogP) is 2.13. The third-order valence-corrected chi connectivity index (χ3v) is 5.69. The molecule has 0 saturated carbocycles. The molecule has 1 N–H and O–H groups in total. The Bertz CT molecular complexity index is 1280. The van der Waals surface area contributed by atoms with Crippen LogP contribution < -0.4 is 10.0 Å². The van der Waals surface area contributed by atoms with Crippen molar-refractivity contribution < 1.29 is 14.8 Å². The molecule has 2 aromatic carbocycles. The van der Waals surface area contributed by atoms with E-state index in [1.165, 1.54) is 10.5 Å². The van der Waals surface area contributed by atoms with Gasteiger partial charge >= 0.3 is 0 Å². The minimum absolute atomic E-state index is 0.253. The van der Waals surface area contributed by atoms with Gasteiger partial charge in [-0.05, 0) is 23.8 Å². The zero-order chi connectivity index (χ0) is 21.2. The van der Waals surface area contributed by atoms with E-state index in [1.807, 2.05) is 54.6 Å². The molecule has 1 unspecified atom stereocenters. The van der Waals surface area contributed by atoms with Gasteiger partial charge < -0.3 is 14.8 Å². The number of fused-ring (bicyclic) bond motifs is 2. The number of nitrogens with zero attached hydrogens (tertiary/aromatic N) is 2. The number of hydrogen-bond donors (Lipinski definition) is 1. The van der Waals surface area contributed by atoms with Gasteiger partial charge in [0.1, 0.15) is 19.6 Å². The van der Waals surface area contributed by atoms with Crippen molar-refractivity contribution in [2.45, 2.75) is 13.1 Å². The number of nitrogens with one attached hydrogen (secondary N) is 1. The number of hydrogen-bond acceptors (Lipinski definition) is 4. The molecular weight excluding hydrogens is 386 g/mol. The number of aromatic nitrogens is 2. The van der Waals surface area contributed by atoms with Crippen LogP contribution in [0.4, 0.5) is 0 Å². The number of carboxylic acid groups (broad SMARTS) is 1. The summed E-state index contributed by atoms with van der Waals surface area (Å²) in [6.45, 7) is 2.12. The summed E-state index contributed by atoms with van der Waals surface area (Å²) in [6.07, 6.45) is 5.61. The highest BCUT2D eigenvalue weighted by molar-refractivity contribution is 6.04. The second-order valence-electron chi connectivity index (χ2n) is 7.84. The maximum Gasteiger partial charge on any atom is 0.106 e. The van der Waals surface area contributed by atoms with Crippen molar-refractivity contribution in [3.8, 4) is 0 Å². The van der Waals surface area contributed by atoms with Gasteiger partial charge in [0.2, 0.25) is 0 Å². The van der Waals surface area contributed by atoms with Crippen molar-refractivity contribution >= 4 is 28.5 Å². The third-order valence-electron chi connectivity index (χ3n) is 5.69. The highest BCUT2D eigenvalue weighted by atomic mass is 16.4. The summed E-state index contributed by atoms with van der Waals surface area (Å²) in [7, 11) is 0. The predicted molar refractivity (Wildman–Crippen MR) is 118 cm³/mol. The average molecular weight is 407 g/mol. The molecule has 1 aliphatic rings. The van der Waals surface area contributed by atoms with Crippen molar-refractivity contribution in [2.75, 3.05) is 6.54 Å². The molecule has 0 radical (unpaired) electrons. The molecule has 1 atom stereocenters. The number of carbonyl (C=O) groups is 1. The van der Waals surface area contributed by atoms with Crippen molar-refractivity contribution in [2.24, 2.45) is 0 Å². The SMILES string of the molecule is O=C([O-])c1c2c(nc3ccccc13)/C(=C/c1cccnc1)C[NH+](Cc1ccccc1)C2. The summed E-state index contributed by atoms with van der Waals surface area (Å²) in [5.74, 6) is -1.16. The molecule has 5 rings (SSSR count). The van der Waals surface area contributed by atoms with Crippen LogP contribution in [0.2, 0.25) is 0 Å². The summed E-state index contributed by atoms with van der Waals surface area (Å²) in [6, 6.07) is 21.5. The molecule has 1 aliphatic heterocycles. The minimum atomic E-state index is -1.16. The van der Waals surface area contributed by atoms with Gasteiger partial charge in [-0.25, -0.2) is 4.98 Å². The largest absolute Gasteiger partial charge is 0.545 e. The fraction of sp³-hybridized carbons (Fsp3) is 0.115. The molecule has 0 fully saturated rings. The zero-order valence-electron chi connectivity index (χ0n) is 16.9. The van der Waals surface area contributed by atoms with Crippen LogP contribution in [-0.2, 0) is 13.1 Å². The van der Waals surface area contributed by atoms with Gasteiger partial charge in [-0.3, -0.25) is 4.98 Å². The molecule has 5 nitrogen and oxygen atoms in total. The van der Waals surface area contributed by atoms with E-state index in [1.54, 1.807) is 12.4 Å². The summed E-state index contributed by atoms with van der Waals surface area (Å²) >= 11 is 0. The van der Waals surface area contributed by atoms with Crippen LogP contribution in [0.3, 0.4) is 0 Å². The second kappa shape index (κ2) is 8.13. The Hall–Kier alpha value is -3.83. The first-order valence-electron chi connectivity index (χ1n) is 10.3. The molecule has 0 spiro atoms. The van der Waals surface area contributed by atoms with Crippen molar-refractivity contribution in [1.82, 2.24) is 9.97 Å². The van der Waals surface area contributed by atoms with Gasteiger partial charge in [0.05, 0.1) is 17.2 Å². The van der Waals surface area contributed by atoms with Gasteiger partial charge in [0.15, 0.2) is 0 Å². The lowest BCUT2D eigenvalue weighted by Gasteiger charge is -2.30. The summed E-state index contributed by atoms with van der Waals surface area (Å²) < 4.78 is 0. The lowest BCUT2D eigenvalue weighted by atomic mass is 9.92. The van der Waals surface area contributed by atoms with E-state index in [0.717, 1.165) is 35.5 Å². The van der Waals surface area contributed by atoms with Crippen LogP contribution in [0, 0.1) is 0 Å². The number of aromatic carboxylic acids is 1. The van der Waals surface area contributed by atoms with E-state index in [2.05, 4.69) is 23.2 Å². The highest BCUT2D eigenvalue weighted by Crippen LogP contribution is 2.29. The van der Waals surface area contributed by atoms with Gasteiger partial charge in [0, 0.05) is 40.0 Å². The fourth-order valence-corrected chi connectivity index (χ4v) is 4.38. The van der Waals surface area contributed by atoms with Gasteiger partial charge in [-0.2, -0.15) is 0 Å². The first-order valence-corrected chi connectivity index (χ1v) is 10.3. The lowest BCUT2D eigenvalue weighted by molar-refractivity contribution is -0.921. The molecule has 0 saturated heterocycles. The summed E-state index contributed by atoms with van der Waals surface area (Å²) in [4.78, 5) is 22.6. The third kappa shape index (κ3) is 3.83. The Balaban J connectivity index is 1.69. The van der Waals surface area contributed by atoms with Crippen LogP contribution in [0.15, 0.2) is 79.1 Å². The van der Waals surface area contributed by atoms with Crippen LogP contribution in [0.1, 0.15) is 32.7 Å². The van der Waals surface area contributed by atoms with E-state index >= 15 is 0 Å². The highest BCUT2D eigenvalue weighted by Gasteiger charge is 2.29. The number of rotatable bonds is 4. The van der Waals surface area contributed by atoms with E-state index < -0.39 is 5.97 Å². The van der Waals surface area contributed by atoms with E-state index in [0.29, 0.717) is 17.4 Å². The van der Waals surface area contributed by atoms with E-state index in [9.17, 15) is 9.90 Å². The topological polar surface area (TPSA) is 70.3 Å². The Morgan fingerprint density at radius 2 is 1.81 bits per heavy atom. The number of pyridine rings is 2. The number of para-hydroxylation sites is 1. The van der Waals surface area contributed by atoms with Crippen molar-refractivity contribution in [3.05, 3.63) is 107 Å². The Morgan fingerprint density at radius 3 is 2.58 bits per heavy atom. The molecule has 5 heteroatoms. The van der Waals surface area contributed by atoms with Crippen LogP contribution in [0.25, 0.3) is 22.6 Å². The molecule has 2 aromatic heterocycles. The second-order valence-corrected chi connectivity index (χ2v) is 7.84. The maximum absolute atomic E-state index is 12.2. The number of benzene rings is 2. The number of carboxylic acids is 1. The van der Waals surface area contributed by atoms with Crippen LogP contribution in [-0.4, -0.2) is 22.5 Å². The van der Waals surface area contributed by atoms with Crippen molar-refractivity contribution in [1.29, 1.82) is 0 Å². The van der Waals surface area contributed by atoms with E-state index in [4.69, 9.17) is 4.98 Å². The Labute approximate surface area is 180 Å². The molecule has 31 heavy (non-hydrogen) atoms. The van der Waals surface area contributed by atoms with Crippen LogP contribution >= 0.6 is 0 Å². The standard InChI is InChI=1S/C26H21N3O2/c30-26(31)24-21-10-4-5-11-23(21)28-25-20(13-19-9-6-12-27-14-19)16-29(17-22(24)25)15-18-7-2-1-3-8-18/h1-14H,15-17H2,(H,30,31)/b20-13+. The van der Waals surface area contributed by atoms with Crippen LogP contribution in [0.5, 0.6) is 0 Å². The lowest BCUT2D eigenvalue weighted by Crippen LogP contribution is -3.10. The molecule has 0 amide bonds. The molecule has 0 bridgehead atoms. The summed E-state index contributed by atoms with van der Waals surface area (Å²) in [5, 5.41) is 12.9. The zero-order valence-corrected chi connectivity index (χ0v) is 16.9. The maximum atomic E-state index is 12.2. The molecule has 0 aliphatic carbocycles. The smallest absolute Gasteiger partial charge is 0.106 e. The van der Waals surface area contributed by atoms with E-state index in [-0.39, 0.29) is 5.56 Å². The number of quaternary nitrogens is 1. The molecule has 3 heterocycles. The fourth-order valence-electron chi connectivity index (χ4n) is 4.38. The van der Waals surface area contributed by atoms with Gasteiger partial charge in [-0.15, -0.1) is 0 Å². The van der Waals surface area contributed by atoms with Gasteiger partial charge in [0.25, 0.3) is 0 Å². The minimum Gasteiger partial charge on any atom is -0.545 e. The Morgan fingerprint density at radius 1 is 1.00 bits per heavy atom. The first kappa shape index (κ1) is 19.2. The Kier molecular flexibility index (Phi) is 5.02. The van der Waals surface area contributed by atoms with Gasteiger partial charge in [-0.1, -0.05) is 54.6 Å². The average Bonchev–Trinajstić information content (AvgIpc) is 2.79. The molecule has 4 aromatic rings. The molecular formula is C26H21N3O2. The van der Waals surface area contributed by atoms with Crippen molar-refractivity contribution in [3.63, 3.8) is 0 Å². The molecule has 152 valence electrons. The number of carbonyl (C=O) groups excluding carboxylic acids is 1. The summed E-state index contributed by atoms with van der Waals surface area (Å²) in [5.41, 5.74) is 5.60. The quantitative estimate of drug-likeness (QED) is 0.563. The first-order chi connectivity index (χ1) is 15.2.